The van der Waals surface area contributed by atoms with Gasteiger partial charge in [0.15, 0.2) is 0 Å². The molecule has 0 atom stereocenters. The zero-order valence-corrected chi connectivity index (χ0v) is 28.5. The summed E-state index contributed by atoms with van der Waals surface area (Å²) < 4.78 is 6.88. The molecule has 0 amide bonds. The molecule has 1 heterocycles. The van der Waals surface area contributed by atoms with Crippen molar-refractivity contribution in [1.82, 2.24) is 0 Å². The largest absolute Gasteiger partial charge is 0.455 e. The molecule has 52 heavy (non-hydrogen) atoms. The first-order chi connectivity index (χ1) is 25.7. The Bertz CT molecular complexity index is 2800. The van der Waals surface area contributed by atoms with E-state index in [0.29, 0.717) is 6.54 Å². The average molecular weight is 667 g/mol. The minimum Gasteiger partial charge on any atom is -0.455 e. The van der Waals surface area contributed by atoms with Crippen LogP contribution in [0.1, 0.15) is 16.7 Å². The highest BCUT2D eigenvalue weighted by Crippen LogP contribution is 2.41. The van der Waals surface area contributed by atoms with Crippen LogP contribution in [0.25, 0.3) is 71.4 Å². The molecule has 0 radical (unpaired) electrons. The lowest BCUT2D eigenvalue weighted by Gasteiger charge is -2.12. The molecule has 8 aromatic carbocycles. The van der Waals surface area contributed by atoms with Crippen LogP contribution in [-0.4, -0.2) is 12.4 Å². The van der Waals surface area contributed by atoms with Crippen LogP contribution in [0.15, 0.2) is 196 Å². The number of rotatable bonds is 8. The molecule has 0 spiro atoms. The molecule has 9 aromatic rings. The third-order valence-electron chi connectivity index (χ3n) is 9.85. The maximum Gasteiger partial charge on any atom is 0.143 e. The SMILES string of the molecule is C=N/C(=C\C(=NCc1ccccc1)c1ccc(-c2ccc(-c3cccc4ccccc34)cc2)c2oc3cc4ccccc4cc3c12)c1ccccc1. The summed E-state index contributed by atoms with van der Waals surface area (Å²) in [6.07, 6.45) is 2.05. The standard InChI is InChI=1S/C49H34N2O/c1-50-45(37-16-6-3-7-17-37)31-46(51-32-33-13-4-2-5-14-33)43-28-27-42(49-48(43)44-29-38-18-8-9-19-39(38)30-47(44)52-49)36-25-23-35(24-26-36)41-22-12-20-34-15-10-11-21-40(34)41/h2-31H,1,32H2/b45-31-,51-46?. The van der Waals surface area contributed by atoms with Crippen molar-refractivity contribution in [2.45, 2.75) is 6.54 Å². The Labute approximate surface area is 302 Å². The second kappa shape index (κ2) is 13.5. The highest BCUT2D eigenvalue weighted by molar-refractivity contribution is 6.26. The first-order valence-corrected chi connectivity index (χ1v) is 17.5. The quantitative estimate of drug-likeness (QED) is 0.149. The van der Waals surface area contributed by atoms with Crippen molar-refractivity contribution in [3.8, 4) is 22.3 Å². The van der Waals surface area contributed by atoms with Crippen LogP contribution < -0.4 is 0 Å². The molecule has 3 heteroatoms. The van der Waals surface area contributed by atoms with Crippen molar-refractivity contribution in [3.63, 3.8) is 0 Å². The molecule has 0 fully saturated rings. The smallest absolute Gasteiger partial charge is 0.143 e. The van der Waals surface area contributed by atoms with Gasteiger partial charge in [0, 0.05) is 27.5 Å². The molecule has 0 aliphatic rings. The summed E-state index contributed by atoms with van der Waals surface area (Å²) in [4.78, 5) is 9.73. The van der Waals surface area contributed by atoms with E-state index >= 15 is 0 Å². The number of allylic oxidation sites excluding steroid dienone is 1. The molecule has 9 rings (SSSR count). The monoisotopic (exact) mass is 666 g/mol. The Kier molecular flexibility index (Phi) is 8.07. The van der Waals surface area contributed by atoms with Gasteiger partial charge in [0.1, 0.15) is 11.2 Å². The summed E-state index contributed by atoms with van der Waals surface area (Å²) in [7, 11) is 0. The predicted octanol–water partition coefficient (Wildman–Crippen LogP) is 13.0. The van der Waals surface area contributed by atoms with E-state index < -0.39 is 0 Å². The first kappa shape index (κ1) is 31.2. The number of furan rings is 1. The number of fused-ring (bicyclic) bond motifs is 5. The van der Waals surface area contributed by atoms with Gasteiger partial charge in [0.25, 0.3) is 0 Å². The first-order valence-electron chi connectivity index (χ1n) is 17.5. The molecule has 3 nitrogen and oxygen atoms in total. The maximum atomic E-state index is 6.88. The van der Waals surface area contributed by atoms with Crippen LogP contribution in [0, 0.1) is 0 Å². The summed E-state index contributed by atoms with van der Waals surface area (Å²) >= 11 is 0. The van der Waals surface area contributed by atoms with Gasteiger partial charge in [-0.05, 0) is 74.8 Å². The summed E-state index contributed by atoms with van der Waals surface area (Å²) in [5, 5.41) is 6.84. The molecule has 0 saturated heterocycles. The zero-order chi connectivity index (χ0) is 34.9. The molecule has 246 valence electrons. The number of hydrogen-bond acceptors (Lipinski definition) is 3. The second-order valence-corrected chi connectivity index (χ2v) is 13.0. The van der Waals surface area contributed by atoms with Crippen LogP contribution in [0.5, 0.6) is 0 Å². The fourth-order valence-electron chi connectivity index (χ4n) is 7.24. The molecule has 0 unspecified atom stereocenters. The van der Waals surface area contributed by atoms with E-state index in [9.17, 15) is 0 Å². The van der Waals surface area contributed by atoms with Crippen LogP contribution in [0.3, 0.4) is 0 Å². The number of nitrogens with zero attached hydrogens (tertiary/aromatic N) is 2. The van der Waals surface area contributed by atoms with Crippen molar-refractivity contribution in [1.29, 1.82) is 0 Å². The van der Waals surface area contributed by atoms with Crippen molar-refractivity contribution in [2.24, 2.45) is 9.98 Å². The Morgan fingerprint density at radius 1 is 0.558 bits per heavy atom. The third kappa shape index (κ3) is 5.78. The number of aliphatic imine (C=N–C) groups is 2. The van der Waals surface area contributed by atoms with Gasteiger partial charge in [0.2, 0.25) is 0 Å². The summed E-state index contributed by atoms with van der Waals surface area (Å²) in [5.41, 5.74) is 10.8. The summed E-state index contributed by atoms with van der Waals surface area (Å²) in [6, 6.07) is 61.5. The molecule has 0 bridgehead atoms. The minimum atomic E-state index is 0.517. The number of benzene rings is 8. The van der Waals surface area contributed by atoms with E-state index in [1.54, 1.807) is 0 Å². The molecular formula is C49H34N2O. The minimum absolute atomic E-state index is 0.517. The van der Waals surface area contributed by atoms with E-state index in [2.05, 4.69) is 157 Å². The van der Waals surface area contributed by atoms with Crippen LogP contribution in [0.2, 0.25) is 0 Å². The highest BCUT2D eigenvalue weighted by Gasteiger charge is 2.20. The maximum absolute atomic E-state index is 6.88. The van der Waals surface area contributed by atoms with Crippen molar-refractivity contribution >= 4 is 61.6 Å². The van der Waals surface area contributed by atoms with E-state index in [1.807, 2.05) is 36.4 Å². The Hall–Kier alpha value is -6.84. The molecule has 0 aliphatic carbocycles. The second-order valence-electron chi connectivity index (χ2n) is 13.0. The third-order valence-corrected chi connectivity index (χ3v) is 9.85. The molecule has 0 saturated carbocycles. The summed E-state index contributed by atoms with van der Waals surface area (Å²) in [6.45, 7) is 4.46. The van der Waals surface area contributed by atoms with Gasteiger partial charge in [-0.1, -0.05) is 158 Å². The van der Waals surface area contributed by atoms with E-state index in [-0.39, 0.29) is 0 Å². The van der Waals surface area contributed by atoms with Gasteiger partial charge in [-0.15, -0.1) is 0 Å². The zero-order valence-electron chi connectivity index (χ0n) is 28.5. The van der Waals surface area contributed by atoms with Crippen molar-refractivity contribution in [3.05, 3.63) is 199 Å². The van der Waals surface area contributed by atoms with E-state index in [1.165, 1.54) is 21.9 Å². The van der Waals surface area contributed by atoms with E-state index in [4.69, 9.17) is 9.41 Å². The fraction of sp³-hybridized carbons (Fsp3) is 0.0204. The Morgan fingerprint density at radius 2 is 1.19 bits per heavy atom. The van der Waals surface area contributed by atoms with Gasteiger partial charge in [0.05, 0.1) is 18.0 Å². The van der Waals surface area contributed by atoms with Gasteiger partial charge in [-0.2, -0.15) is 0 Å². The lowest BCUT2D eigenvalue weighted by Crippen LogP contribution is -2.01. The Balaban J connectivity index is 1.26. The summed E-state index contributed by atoms with van der Waals surface area (Å²) in [5.74, 6) is 0. The molecule has 0 aliphatic heterocycles. The van der Waals surface area contributed by atoms with Crippen LogP contribution >= 0.6 is 0 Å². The van der Waals surface area contributed by atoms with Gasteiger partial charge < -0.3 is 4.42 Å². The van der Waals surface area contributed by atoms with Crippen LogP contribution in [-0.2, 0) is 6.54 Å². The van der Waals surface area contributed by atoms with Crippen molar-refractivity contribution < 1.29 is 4.42 Å². The normalized spacial score (nSPS) is 12.2. The topological polar surface area (TPSA) is 37.9 Å². The lowest BCUT2D eigenvalue weighted by atomic mass is 9.93. The molecular weight excluding hydrogens is 633 g/mol. The van der Waals surface area contributed by atoms with Crippen molar-refractivity contribution in [2.75, 3.05) is 0 Å². The molecule has 1 aromatic heterocycles. The lowest BCUT2D eigenvalue weighted by molar-refractivity contribution is 0.670. The van der Waals surface area contributed by atoms with E-state index in [0.717, 1.165) is 71.9 Å². The molecule has 0 N–H and O–H groups in total. The average Bonchev–Trinajstić information content (AvgIpc) is 3.59. The fourth-order valence-corrected chi connectivity index (χ4v) is 7.24. The van der Waals surface area contributed by atoms with Gasteiger partial charge in [-0.3, -0.25) is 9.98 Å². The number of hydrogen-bond donors (Lipinski definition) is 0. The highest BCUT2D eigenvalue weighted by atomic mass is 16.3. The van der Waals surface area contributed by atoms with Gasteiger partial charge >= 0.3 is 0 Å². The van der Waals surface area contributed by atoms with Crippen LogP contribution in [0.4, 0.5) is 0 Å². The Morgan fingerprint density at radius 3 is 1.94 bits per heavy atom. The predicted molar refractivity (Wildman–Crippen MR) is 220 cm³/mol. The van der Waals surface area contributed by atoms with Gasteiger partial charge in [-0.25, -0.2) is 0 Å².